The molecule has 1 aliphatic heterocycles. The van der Waals surface area contributed by atoms with Crippen molar-refractivity contribution in [3.8, 4) is 0 Å². The van der Waals surface area contributed by atoms with Crippen molar-refractivity contribution in [1.29, 1.82) is 0 Å². The smallest absolute Gasteiger partial charge is 0.270 e. The van der Waals surface area contributed by atoms with Crippen LogP contribution in [0.3, 0.4) is 0 Å². The number of benzene rings is 2. The average molecular weight is 406 g/mol. The number of H-pyrrole nitrogens is 1. The SMILES string of the molecule is O=C(Nc1cccc(CN2CCCCC2)c1)c1cc(=O)[nH]c2ccc([N+](=O)[O-])cc12. The monoisotopic (exact) mass is 406 g/mol. The Labute approximate surface area is 172 Å². The van der Waals surface area contributed by atoms with E-state index in [1.54, 1.807) is 6.07 Å². The first-order chi connectivity index (χ1) is 14.5. The summed E-state index contributed by atoms with van der Waals surface area (Å²) >= 11 is 0. The van der Waals surface area contributed by atoms with Crippen LogP contribution < -0.4 is 10.9 Å². The Morgan fingerprint density at radius 3 is 2.67 bits per heavy atom. The van der Waals surface area contributed by atoms with Crippen LogP contribution in [0.1, 0.15) is 35.2 Å². The van der Waals surface area contributed by atoms with E-state index in [4.69, 9.17) is 0 Å². The lowest BCUT2D eigenvalue weighted by Crippen LogP contribution is -2.29. The average Bonchev–Trinajstić information content (AvgIpc) is 2.73. The van der Waals surface area contributed by atoms with E-state index in [0.29, 0.717) is 16.6 Å². The van der Waals surface area contributed by atoms with Crippen molar-refractivity contribution in [1.82, 2.24) is 9.88 Å². The summed E-state index contributed by atoms with van der Waals surface area (Å²) in [5.41, 5.74) is 1.60. The Hall–Kier alpha value is -3.52. The fourth-order valence-corrected chi connectivity index (χ4v) is 3.86. The third-order valence-corrected chi connectivity index (χ3v) is 5.32. The number of fused-ring (bicyclic) bond motifs is 1. The number of pyridine rings is 1. The summed E-state index contributed by atoms with van der Waals surface area (Å²) in [4.78, 5) is 40.5. The van der Waals surface area contributed by atoms with Crippen LogP contribution in [0, 0.1) is 10.1 Å². The van der Waals surface area contributed by atoms with Crippen LogP contribution in [0.4, 0.5) is 11.4 Å². The second kappa shape index (κ2) is 8.46. The van der Waals surface area contributed by atoms with Crippen LogP contribution in [-0.2, 0) is 6.54 Å². The van der Waals surface area contributed by atoms with Crippen LogP contribution in [0.25, 0.3) is 10.9 Å². The highest BCUT2D eigenvalue weighted by Gasteiger charge is 2.16. The van der Waals surface area contributed by atoms with Gasteiger partial charge in [0.1, 0.15) is 0 Å². The Morgan fingerprint density at radius 1 is 1.10 bits per heavy atom. The van der Waals surface area contributed by atoms with Crippen molar-refractivity contribution < 1.29 is 9.72 Å². The minimum atomic E-state index is -0.531. The van der Waals surface area contributed by atoms with Crippen molar-refractivity contribution in [3.05, 3.63) is 80.1 Å². The van der Waals surface area contributed by atoms with Crippen LogP contribution in [-0.4, -0.2) is 33.8 Å². The van der Waals surface area contributed by atoms with E-state index in [2.05, 4.69) is 15.2 Å². The molecule has 1 aromatic heterocycles. The second-order valence-electron chi connectivity index (χ2n) is 7.53. The molecular weight excluding hydrogens is 384 g/mol. The number of piperidine rings is 1. The van der Waals surface area contributed by atoms with E-state index in [0.717, 1.165) is 25.2 Å². The number of non-ortho nitro benzene ring substituents is 1. The lowest BCUT2D eigenvalue weighted by molar-refractivity contribution is -0.384. The Morgan fingerprint density at radius 2 is 1.90 bits per heavy atom. The fourth-order valence-electron chi connectivity index (χ4n) is 3.86. The third kappa shape index (κ3) is 4.38. The molecule has 3 aromatic rings. The Kier molecular flexibility index (Phi) is 5.58. The first-order valence-electron chi connectivity index (χ1n) is 9.94. The molecule has 0 aliphatic carbocycles. The van der Waals surface area contributed by atoms with Crippen molar-refractivity contribution in [2.45, 2.75) is 25.8 Å². The lowest BCUT2D eigenvalue weighted by atomic mass is 10.1. The zero-order valence-electron chi connectivity index (χ0n) is 16.4. The van der Waals surface area contributed by atoms with Gasteiger partial charge in [0.15, 0.2) is 0 Å². The lowest BCUT2D eigenvalue weighted by Gasteiger charge is -2.26. The van der Waals surface area contributed by atoms with Crippen molar-refractivity contribution in [2.75, 3.05) is 18.4 Å². The molecule has 8 nitrogen and oxygen atoms in total. The van der Waals surface area contributed by atoms with Gasteiger partial charge in [0, 0.05) is 41.3 Å². The summed E-state index contributed by atoms with van der Waals surface area (Å²) in [6.07, 6.45) is 3.69. The number of aromatic nitrogens is 1. The number of aromatic amines is 1. The van der Waals surface area contributed by atoms with Gasteiger partial charge in [-0.1, -0.05) is 18.6 Å². The van der Waals surface area contributed by atoms with E-state index in [1.165, 1.54) is 43.5 Å². The van der Waals surface area contributed by atoms with Gasteiger partial charge in [-0.05, 0) is 49.7 Å². The van der Waals surface area contributed by atoms with Gasteiger partial charge in [0.05, 0.1) is 10.5 Å². The molecule has 8 heteroatoms. The number of amides is 1. The predicted octanol–water partition coefficient (Wildman–Crippen LogP) is 3.67. The summed E-state index contributed by atoms with van der Waals surface area (Å²) in [5.74, 6) is -0.485. The number of hydrogen-bond donors (Lipinski definition) is 2. The van der Waals surface area contributed by atoms with Crippen molar-refractivity contribution in [2.24, 2.45) is 0 Å². The molecular formula is C22H22N4O4. The van der Waals surface area contributed by atoms with Gasteiger partial charge in [0.25, 0.3) is 11.6 Å². The molecule has 0 atom stereocenters. The van der Waals surface area contributed by atoms with Crippen LogP contribution in [0.15, 0.2) is 53.3 Å². The fraction of sp³-hybridized carbons (Fsp3) is 0.273. The minimum absolute atomic E-state index is 0.0962. The summed E-state index contributed by atoms with van der Waals surface area (Å²) in [5, 5.41) is 14.3. The molecule has 154 valence electrons. The maximum Gasteiger partial charge on any atom is 0.270 e. The molecule has 30 heavy (non-hydrogen) atoms. The number of nitrogens with zero attached hydrogens (tertiary/aromatic N) is 2. The van der Waals surface area contributed by atoms with Gasteiger partial charge in [-0.2, -0.15) is 0 Å². The minimum Gasteiger partial charge on any atom is -0.322 e. The summed E-state index contributed by atoms with van der Waals surface area (Å²) < 4.78 is 0. The van der Waals surface area contributed by atoms with Gasteiger partial charge in [0.2, 0.25) is 5.56 Å². The van der Waals surface area contributed by atoms with Crippen LogP contribution in [0.2, 0.25) is 0 Å². The molecule has 1 saturated heterocycles. The Bertz CT molecular complexity index is 1170. The van der Waals surface area contributed by atoms with Gasteiger partial charge >= 0.3 is 0 Å². The van der Waals surface area contributed by atoms with Gasteiger partial charge in [-0.3, -0.25) is 24.6 Å². The molecule has 2 N–H and O–H groups in total. The highest BCUT2D eigenvalue weighted by molar-refractivity contribution is 6.12. The number of carbonyl (C=O) groups excluding carboxylic acids is 1. The van der Waals surface area contributed by atoms with Crippen LogP contribution >= 0.6 is 0 Å². The van der Waals surface area contributed by atoms with E-state index in [1.807, 2.05) is 18.2 Å². The predicted molar refractivity (Wildman–Crippen MR) is 115 cm³/mol. The quantitative estimate of drug-likeness (QED) is 0.496. The number of carbonyl (C=O) groups is 1. The number of nitro benzene ring substituents is 1. The number of rotatable bonds is 5. The normalized spacial score (nSPS) is 14.5. The van der Waals surface area contributed by atoms with E-state index in [9.17, 15) is 19.7 Å². The number of anilines is 1. The van der Waals surface area contributed by atoms with Crippen LogP contribution in [0.5, 0.6) is 0 Å². The maximum atomic E-state index is 12.9. The number of nitrogens with one attached hydrogen (secondary N) is 2. The van der Waals surface area contributed by atoms with Crippen molar-refractivity contribution in [3.63, 3.8) is 0 Å². The number of hydrogen-bond acceptors (Lipinski definition) is 5. The molecule has 1 amide bonds. The largest absolute Gasteiger partial charge is 0.322 e. The van der Waals surface area contributed by atoms with Crippen molar-refractivity contribution >= 4 is 28.2 Å². The molecule has 0 radical (unpaired) electrons. The zero-order chi connectivity index (χ0) is 21.1. The topological polar surface area (TPSA) is 108 Å². The molecule has 0 bridgehead atoms. The van der Waals surface area contributed by atoms with Gasteiger partial charge in [-0.15, -0.1) is 0 Å². The molecule has 0 spiro atoms. The van der Waals surface area contributed by atoms with E-state index in [-0.39, 0.29) is 11.3 Å². The molecule has 2 heterocycles. The first kappa shape index (κ1) is 19.8. The first-order valence-corrected chi connectivity index (χ1v) is 9.94. The highest BCUT2D eigenvalue weighted by atomic mass is 16.6. The molecule has 0 saturated carbocycles. The van der Waals surface area contributed by atoms with E-state index < -0.39 is 16.4 Å². The summed E-state index contributed by atoms with van der Waals surface area (Å²) in [7, 11) is 0. The van der Waals surface area contributed by atoms with E-state index >= 15 is 0 Å². The molecule has 1 fully saturated rings. The molecule has 0 unspecified atom stereocenters. The highest BCUT2D eigenvalue weighted by Crippen LogP contribution is 2.23. The zero-order valence-corrected chi connectivity index (χ0v) is 16.4. The maximum absolute atomic E-state index is 12.9. The summed E-state index contributed by atoms with van der Waals surface area (Å²) in [6.45, 7) is 2.98. The third-order valence-electron chi connectivity index (χ3n) is 5.32. The standard InChI is InChI=1S/C22H22N4O4/c27-21-13-19(18-12-17(26(29)30)7-8-20(18)24-21)22(28)23-16-6-4-5-15(11-16)14-25-9-2-1-3-10-25/h4-8,11-13H,1-3,9-10,14H2,(H,23,28)(H,24,27). The second-order valence-corrected chi connectivity index (χ2v) is 7.53. The van der Waals surface area contributed by atoms with Gasteiger partial charge < -0.3 is 10.3 Å². The molecule has 2 aromatic carbocycles. The number of nitro groups is 1. The molecule has 4 rings (SSSR count). The summed E-state index contributed by atoms with van der Waals surface area (Å²) in [6, 6.07) is 12.8. The number of likely N-dealkylation sites (tertiary alicyclic amines) is 1. The van der Waals surface area contributed by atoms with Gasteiger partial charge in [-0.25, -0.2) is 0 Å². The Balaban J connectivity index is 1.60. The molecule has 1 aliphatic rings.